The van der Waals surface area contributed by atoms with E-state index in [-0.39, 0.29) is 23.5 Å². The zero-order valence-corrected chi connectivity index (χ0v) is 9.54. The van der Waals surface area contributed by atoms with E-state index in [0.29, 0.717) is 18.8 Å². The van der Waals surface area contributed by atoms with Gasteiger partial charge in [0.05, 0.1) is 0 Å². The molecule has 0 spiro atoms. The first-order chi connectivity index (χ1) is 6.34. The molecule has 0 radical (unpaired) electrons. The van der Waals surface area contributed by atoms with E-state index in [2.05, 4.69) is 0 Å². The molecule has 1 unspecified atom stereocenters. The van der Waals surface area contributed by atoms with Crippen LogP contribution in [0.2, 0.25) is 0 Å². The Labute approximate surface area is 86.1 Å². The summed E-state index contributed by atoms with van der Waals surface area (Å²) in [6.07, 6.45) is 0.999. The molecule has 0 aromatic carbocycles. The number of ketones is 1. The smallest absolute Gasteiger partial charge is 0.220 e. The monoisotopic (exact) mass is 199 g/mol. The summed E-state index contributed by atoms with van der Waals surface area (Å²) in [5, 5.41) is 0. The average Bonchev–Trinajstić information content (AvgIpc) is 2.01. The molecule has 0 aliphatic carbocycles. The molecule has 3 nitrogen and oxygen atoms in total. The molecule has 0 aliphatic heterocycles. The molecule has 0 rings (SSSR count). The third-order valence-corrected chi connectivity index (χ3v) is 2.25. The third-order valence-electron chi connectivity index (χ3n) is 2.25. The van der Waals surface area contributed by atoms with Gasteiger partial charge in [-0.15, -0.1) is 0 Å². The van der Waals surface area contributed by atoms with Crippen LogP contribution >= 0.6 is 0 Å². The highest BCUT2D eigenvalue weighted by Gasteiger charge is 2.21. The van der Waals surface area contributed by atoms with E-state index in [1.807, 2.05) is 27.7 Å². The summed E-state index contributed by atoms with van der Waals surface area (Å²) >= 11 is 0. The topological polar surface area (TPSA) is 60.2 Å². The molecule has 0 aromatic rings. The lowest BCUT2D eigenvalue weighted by molar-refractivity contribution is -0.129. The van der Waals surface area contributed by atoms with Gasteiger partial charge in [0.1, 0.15) is 5.78 Å². The van der Waals surface area contributed by atoms with Crippen LogP contribution in [0.4, 0.5) is 0 Å². The number of Topliss-reactive ketones (excluding diaryl/α,β-unsaturated/α-hetero) is 1. The maximum atomic E-state index is 11.4. The number of carbonyl (C=O) groups excluding carboxylic acids is 2. The van der Waals surface area contributed by atoms with Crippen molar-refractivity contribution in [3.8, 4) is 0 Å². The number of hydrogen-bond acceptors (Lipinski definition) is 2. The van der Waals surface area contributed by atoms with Crippen molar-refractivity contribution in [2.75, 3.05) is 0 Å². The summed E-state index contributed by atoms with van der Waals surface area (Å²) in [5.41, 5.74) is 5.24. The SMILES string of the molecule is CC(C)CC(CC(=O)C(C)C)C(N)=O. The molecular weight excluding hydrogens is 178 g/mol. The van der Waals surface area contributed by atoms with E-state index >= 15 is 0 Å². The third kappa shape index (κ3) is 5.00. The highest BCUT2D eigenvalue weighted by molar-refractivity contribution is 5.86. The molecule has 14 heavy (non-hydrogen) atoms. The first-order valence-corrected chi connectivity index (χ1v) is 5.16. The normalized spacial score (nSPS) is 13.3. The molecule has 0 aliphatic rings. The van der Waals surface area contributed by atoms with Crippen molar-refractivity contribution in [1.82, 2.24) is 0 Å². The lowest BCUT2D eigenvalue weighted by Crippen LogP contribution is -2.28. The molecule has 1 atom stereocenters. The summed E-state index contributed by atoms with van der Waals surface area (Å²) < 4.78 is 0. The van der Waals surface area contributed by atoms with Crippen molar-refractivity contribution in [2.45, 2.75) is 40.5 Å². The quantitative estimate of drug-likeness (QED) is 0.708. The number of hydrogen-bond donors (Lipinski definition) is 1. The van der Waals surface area contributed by atoms with Crippen LogP contribution in [0.3, 0.4) is 0 Å². The van der Waals surface area contributed by atoms with Crippen LogP contribution in [-0.4, -0.2) is 11.7 Å². The van der Waals surface area contributed by atoms with Gasteiger partial charge in [0.2, 0.25) is 5.91 Å². The second-order valence-corrected chi connectivity index (χ2v) is 4.55. The average molecular weight is 199 g/mol. The van der Waals surface area contributed by atoms with Crippen LogP contribution in [0.15, 0.2) is 0 Å². The standard InChI is InChI=1S/C11H21NO2/c1-7(2)5-9(11(12)14)6-10(13)8(3)4/h7-9H,5-6H2,1-4H3,(H2,12,14). The largest absolute Gasteiger partial charge is 0.369 e. The predicted molar refractivity (Wildman–Crippen MR) is 56.6 cm³/mol. The Morgan fingerprint density at radius 1 is 1.14 bits per heavy atom. The van der Waals surface area contributed by atoms with E-state index in [4.69, 9.17) is 5.73 Å². The number of nitrogens with two attached hydrogens (primary N) is 1. The van der Waals surface area contributed by atoms with Gasteiger partial charge in [0.25, 0.3) is 0 Å². The van der Waals surface area contributed by atoms with Gasteiger partial charge in [0, 0.05) is 18.3 Å². The van der Waals surface area contributed by atoms with Crippen LogP contribution in [-0.2, 0) is 9.59 Å². The molecule has 0 aromatic heterocycles. The minimum atomic E-state index is -0.354. The molecule has 82 valence electrons. The van der Waals surface area contributed by atoms with Gasteiger partial charge in [-0.05, 0) is 12.3 Å². The summed E-state index contributed by atoms with van der Waals surface area (Å²) in [4.78, 5) is 22.5. The van der Waals surface area contributed by atoms with E-state index in [1.54, 1.807) is 0 Å². The highest BCUT2D eigenvalue weighted by atomic mass is 16.1. The minimum Gasteiger partial charge on any atom is -0.369 e. The fraction of sp³-hybridized carbons (Fsp3) is 0.818. The zero-order valence-electron chi connectivity index (χ0n) is 9.54. The fourth-order valence-corrected chi connectivity index (χ4v) is 1.35. The predicted octanol–water partition coefficient (Wildman–Crippen LogP) is 1.75. The van der Waals surface area contributed by atoms with E-state index in [1.165, 1.54) is 0 Å². The lowest BCUT2D eigenvalue weighted by atomic mass is 9.89. The van der Waals surface area contributed by atoms with Gasteiger partial charge in [-0.2, -0.15) is 0 Å². The Balaban J connectivity index is 4.23. The number of rotatable bonds is 6. The van der Waals surface area contributed by atoms with Crippen LogP contribution in [0.1, 0.15) is 40.5 Å². The van der Waals surface area contributed by atoms with Gasteiger partial charge >= 0.3 is 0 Å². The number of carbonyl (C=O) groups is 2. The van der Waals surface area contributed by atoms with Gasteiger partial charge in [-0.3, -0.25) is 9.59 Å². The highest BCUT2D eigenvalue weighted by Crippen LogP contribution is 2.17. The first kappa shape index (κ1) is 13.1. The van der Waals surface area contributed by atoms with Gasteiger partial charge < -0.3 is 5.73 Å². The van der Waals surface area contributed by atoms with Crippen molar-refractivity contribution in [3.63, 3.8) is 0 Å². The first-order valence-electron chi connectivity index (χ1n) is 5.16. The molecule has 3 heteroatoms. The lowest BCUT2D eigenvalue weighted by Gasteiger charge is -2.15. The molecule has 0 saturated heterocycles. The number of primary amides is 1. The molecule has 0 heterocycles. The van der Waals surface area contributed by atoms with Crippen molar-refractivity contribution >= 4 is 11.7 Å². The van der Waals surface area contributed by atoms with Crippen LogP contribution in [0, 0.1) is 17.8 Å². The summed E-state index contributed by atoms with van der Waals surface area (Å²) in [7, 11) is 0. The second-order valence-electron chi connectivity index (χ2n) is 4.55. The molecule has 0 fully saturated rings. The molecular formula is C11H21NO2. The summed E-state index contributed by atoms with van der Waals surface area (Å²) in [6, 6.07) is 0. The van der Waals surface area contributed by atoms with E-state index < -0.39 is 0 Å². The number of amides is 1. The van der Waals surface area contributed by atoms with Gasteiger partial charge in [0.15, 0.2) is 0 Å². The van der Waals surface area contributed by atoms with Gasteiger partial charge in [-0.25, -0.2) is 0 Å². The fourth-order valence-electron chi connectivity index (χ4n) is 1.35. The Hall–Kier alpha value is -0.860. The Morgan fingerprint density at radius 3 is 1.93 bits per heavy atom. The van der Waals surface area contributed by atoms with Crippen LogP contribution in [0.5, 0.6) is 0 Å². The summed E-state index contributed by atoms with van der Waals surface area (Å²) in [6.45, 7) is 7.73. The molecule has 2 N–H and O–H groups in total. The van der Waals surface area contributed by atoms with Gasteiger partial charge in [-0.1, -0.05) is 27.7 Å². The van der Waals surface area contributed by atoms with Crippen molar-refractivity contribution in [3.05, 3.63) is 0 Å². The maximum absolute atomic E-state index is 11.4. The molecule has 1 amide bonds. The van der Waals surface area contributed by atoms with E-state index in [9.17, 15) is 9.59 Å². The summed E-state index contributed by atoms with van der Waals surface area (Å²) in [5.74, 6) is -0.136. The van der Waals surface area contributed by atoms with Crippen molar-refractivity contribution < 1.29 is 9.59 Å². The van der Waals surface area contributed by atoms with Crippen molar-refractivity contribution in [1.29, 1.82) is 0 Å². The Kier molecular flexibility index (Phi) is 5.43. The Bertz CT molecular complexity index is 209. The zero-order chi connectivity index (χ0) is 11.3. The maximum Gasteiger partial charge on any atom is 0.220 e. The molecule has 0 bridgehead atoms. The Morgan fingerprint density at radius 2 is 1.64 bits per heavy atom. The molecule has 0 saturated carbocycles. The minimum absolute atomic E-state index is 0.0102. The second kappa shape index (κ2) is 5.78. The van der Waals surface area contributed by atoms with E-state index in [0.717, 1.165) is 0 Å². The van der Waals surface area contributed by atoms with Crippen molar-refractivity contribution in [2.24, 2.45) is 23.5 Å². The van der Waals surface area contributed by atoms with Crippen LogP contribution in [0.25, 0.3) is 0 Å². The van der Waals surface area contributed by atoms with Crippen LogP contribution < -0.4 is 5.73 Å².